The summed E-state index contributed by atoms with van der Waals surface area (Å²) in [5, 5.41) is 8.24. The predicted octanol–water partition coefficient (Wildman–Crippen LogP) is 2.83. The zero-order valence-corrected chi connectivity index (χ0v) is 9.86. The van der Waals surface area contributed by atoms with Crippen LogP contribution in [0.25, 0.3) is 0 Å². The van der Waals surface area contributed by atoms with Gasteiger partial charge in [-0.05, 0) is 24.1 Å². The molecule has 0 spiro atoms. The van der Waals surface area contributed by atoms with E-state index in [1.807, 2.05) is 0 Å². The molecule has 0 aromatic heterocycles. The van der Waals surface area contributed by atoms with Gasteiger partial charge in [-0.25, -0.2) is 4.39 Å². The summed E-state index contributed by atoms with van der Waals surface area (Å²) in [6.45, 7) is 2.11. The van der Waals surface area contributed by atoms with Crippen LogP contribution in [0.2, 0.25) is 0 Å². The largest absolute Gasteiger partial charge is 0.319 e. The molecule has 90 valence electrons. The Labute approximate surface area is 100 Å². The summed E-state index contributed by atoms with van der Waals surface area (Å²) in [4.78, 5) is 0. The second-order valence-corrected chi connectivity index (χ2v) is 4.21. The fourth-order valence-corrected chi connectivity index (χ4v) is 1.88. The molecule has 2 rings (SSSR count). The molecular weight excluding hydrogens is 217 g/mol. The molecule has 0 fully saturated rings. The smallest absolute Gasteiger partial charge is 0.123 e. The number of hydrogen-bond acceptors (Lipinski definition) is 3. The molecule has 0 bridgehead atoms. The SMILES string of the molecule is CCCC1=NN=C(C(N)c2ccc(F)cc2)C1. The van der Waals surface area contributed by atoms with Crippen LogP contribution in [0.3, 0.4) is 0 Å². The first-order chi connectivity index (χ1) is 8.20. The molecule has 1 aliphatic rings. The van der Waals surface area contributed by atoms with E-state index in [-0.39, 0.29) is 11.9 Å². The minimum absolute atomic E-state index is 0.253. The molecule has 17 heavy (non-hydrogen) atoms. The van der Waals surface area contributed by atoms with Crippen molar-refractivity contribution in [3.63, 3.8) is 0 Å². The third-order valence-electron chi connectivity index (χ3n) is 2.83. The Morgan fingerprint density at radius 3 is 2.65 bits per heavy atom. The zero-order chi connectivity index (χ0) is 12.3. The van der Waals surface area contributed by atoms with Gasteiger partial charge in [0.25, 0.3) is 0 Å². The van der Waals surface area contributed by atoms with E-state index in [1.54, 1.807) is 12.1 Å². The van der Waals surface area contributed by atoms with Crippen molar-refractivity contribution in [1.82, 2.24) is 0 Å². The van der Waals surface area contributed by atoms with Gasteiger partial charge in [-0.2, -0.15) is 10.2 Å². The molecule has 1 atom stereocenters. The maximum atomic E-state index is 12.8. The van der Waals surface area contributed by atoms with Crippen molar-refractivity contribution in [3.05, 3.63) is 35.6 Å². The van der Waals surface area contributed by atoms with Crippen LogP contribution in [0.5, 0.6) is 0 Å². The van der Waals surface area contributed by atoms with Crippen LogP contribution < -0.4 is 5.73 Å². The average Bonchev–Trinajstić information content (AvgIpc) is 2.78. The van der Waals surface area contributed by atoms with E-state index in [1.165, 1.54) is 12.1 Å². The first-order valence-electron chi connectivity index (χ1n) is 5.84. The molecule has 4 heteroatoms. The highest BCUT2D eigenvalue weighted by Crippen LogP contribution is 2.19. The van der Waals surface area contributed by atoms with E-state index in [9.17, 15) is 4.39 Å². The number of benzene rings is 1. The van der Waals surface area contributed by atoms with Crippen molar-refractivity contribution in [2.24, 2.45) is 15.9 Å². The van der Waals surface area contributed by atoms with Gasteiger partial charge in [0.2, 0.25) is 0 Å². The van der Waals surface area contributed by atoms with Gasteiger partial charge in [0.05, 0.1) is 11.8 Å². The monoisotopic (exact) mass is 233 g/mol. The van der Waals surface area contributed by atoms with Crippen LogP contribution in [0.1, 0.15) is 37.8 Å². The van der Waals surface area contributed by atoms with Crippen molar-refractivity contribution in [3.8, 4) is 0 Å². The normalized spacial score (nSPS) is 16.6. The fraction of sp³-hybridized carbons (Fsp3) is 0.385. The standard InChI is InChI=1S/C13H16FN3/c1-2-3-11-8-12(17-16-11)13(15)9-4-6-10(14)7-5-9/h4-7,13H,2-3,8,15H2,1H3. The molecule has 0 saturated heterocycles. The van der Waals surface area contributed by atoms with E-state index in [0.29, 0.717) is 0 Å². The van der Waals surface area contributed by atoms with E-state index in [4.69, 9.17) is 5.73 Å². The van der Waals surface area contributed by atoms with Crippen LogP contribution in [0.15, 0.2) is 34.5 Å². The molecule has 0 radical (unpaired) electrons. The van der Waals surface area contributed by atoms with Crippen molar-refractivity contribution in [1.29, 1.82) is 0 Å². The van der Waals surface area contributed by atoms with Crippen molar-refractivity contribution < 1.29 is 4.39 Å². The minimum atomic E-state index is -0.284. The fourth-order valence-electron chi connectivity index (χ4n) is 1.88. The summed E-state index contributed by atoms with van der Waals surface area (Å²) < 4.78 is 12.8. The molecule has 1 aromatic carbocycles. The number of halogens is 1. The lowest BCUT2D eigenvalue weighted by Gasteiger charge is -2.11. The molecule has 1 aliphatic heterocycles. The van der Waals surface area contributed by atoms with Gasteiger partial charge in [-0.15, -0.1) is 0 Å². The highest BCUT2D eigenvalue weighted by molar-refractivity contribution is 6.09. The lowest BCUT2D eigenvalue weighted by Crippen LogP contribution is -2.21. The van der Waals surface area contributed by atoms with Crippen LogP contribution >= 0.6 is 0 Å². The maximum Gasteiger partial charge on any atom is 0.123 e. The van der Waals surface area contributed by atoms with Crippen molar-refractivity contribution >= 4 is 11.4 Å². The van der Waals surface area contributed by atoms with Crippen LogP contribution in [-0.2, 0) is 0 Å². The van der Waals surface area contributed by atoms with Gasteiger partial charge in [0, 0.05) is 12.1 Å². The van der Waals surface area contributed by atoms with Gasteiger partial charge >= 0.3 is 0 Å². The topological polar surface area (TPSA) is 50.7 Å². The zero-order valence-electron chi connectivity index (χ0n) is 9.86. The van der Waals surface area contributed by atoms with Crippen molar-refractivity contribution in [2.45, 2.75) is 32.2 Å². The Balaban J connectivity index is 2.03. The van der Waals surface area contributed by atoms with Crippen LogP contribution in [0.4, 0.5) is 4.39 Å². The first kappa shape index (κ1) is 11.9. The third kappa shape index (κ3) is 2.77. The molecule has 1 aromatic rings. The Bertz CT molecular complexity index is 448. The van der Waals surface area contributed by atoms with E-state index < -0.39 is 0 Å². The average molecular weight is 233 g/mol. The minimum Gasteiger partial charge on any atom is -0.319 e. The van der Waals surface area contributed by atoms with Gasteiger partial charge in [-0.1, -0.05) is 25.5 Å². The summed E-state index contributed by atoms with van der Waals surface area (Å²) in [6, 6.07) is 5.94. The molecule has 2 N–H and O–H groups in total. The number of rotatable bonds is 4. The second kappa shape index (κ2) is 5.19. The predicted molar refractivity (Wildman–Crippen MR) is 67.7 cm³/mol. The van der Waals surface area contributed by atoms with Crippen LogP contribution in [0, 0.1) is 5.82 Å². The van der Waals surface area contributed by atoms with E-state index in [0.717, 1.165) is 36.2 Å². The number of hydrogen-bond donors (Lipinski definition) is 1. The quantitative estimate of drug-likeness (QED) is 0.854. The van der Waals surface area contributed by atoms with Gasteiger partial charge in [0.15, 0.2) is 0 Å². The summed E-state index contributed by atoms with van der Waals surface area (Å²) in [6.07, 6.45) is 2.77. The number of nitrogens with two attached hydrogens (primary N) is 1. The first-order valence-corrected chi connectivity index (χ1v) is 5.84. The molecule has 1 unspecified atom stereocenters. The summed E-state index contributed by atoms with van der Waals surface area (Å²) >= 11 is 0. The van der Waals surface area contributed by atoms with Crippen molar-refractivity contribution in [2.75, 3.05) is 0 Å². The number of nitrogens with zero attached hydrogens (tertiary/aromatic N) is 2. The maximum absolute atomic E-state index is 12.8. The Morgan fingerprint density at radius 1 is 1.29 bits per heavy atom. The Morgan fingerprint density at radius 2 is 2.00 bits per heavy atom. The molecule has 0 amide bonds. The van der Waals surface area contributed by atoms with E-state index >= 15 is 0 Å². The second-order valence-electron chi connectivity index (χ2n) is 4.21. The van der Waals surface area contributed by atoms with Gasteiger partial charge in [-0.3, -0.25) is 0 Å². The lowest BCUT2D eigenvalue weighted by molar-refractivity contribution is 0.626. The molecule has 0 saturated carbocycles. The lowest BCUT2D eigenvalue weighted by atomic mass is 9.98. The molecule has 3 nitrogen and oxygen atoms in total. The summed E-state index contributed by atoms with van der Waals surface area (Å²) in [5.74, 6) is -0.253. The third-order valence-corrected chi connectivity index (χ3v) is 2.83. The molecular formula is C13H16FN3. The Kier molecular flexibility index (Phi) is 3.64. The van der Waals surface area contributed by atoms with E-state index in [2.05, 4.69) is 17.1 Å². The molecule has 0 aliphatic carbocycles. The highest BCUT2D eigenvalue weighted by atomic mass is 19.1. The summed E-state index contributed by atoms with van der Waals surface area (Å²) in [5.41, 5.74) is 8.90. The molecule has 1 heterocycles. The summed E-state index contributed by atoms with van der Waals surface area (Å²) in [7, 11) is 0. The van der Waals surface area contributed by atoms with Gasteiger partial charge in [0.1, 0.15) is 5.82 Å². The Hall–Kier alpha value is -1.55. The van der Waals surface area contributed by atoms with Crippen LogP contribution in [-0.4, -0.2) is 11.4 Å². The highest BCUT2D eigenvalue weighted by Gasteiger charge is 2.19. The van der Waals surface area contributed by atoms with Gasteiger partial charge < -0.3 is 5.73 Å².